The van der Waals surface area contributed by atoms with E-state index in [0.29, 0.717) is 22.0 Å². The summed E-state index contributed by atoms with van der Waals surface area (Å²) in [6, 6.07) is 6.04. The minimum Gasteiger partial charge on any atom is -0.445 e. The SMILES string of the molecule is C[C@@]12CC[C@H]3C[C@@]1(C#N)N(C(=O)c1ccc(I)o1)C[C@@]32C. The van der Waals surface area contributed by atoms with E-state index in [-0.39, 0.29) is 16.7 Å². The minimum absolute atomic E-state index is 0.0676. The van der Waals surface area contributed by atoms with Crippen LogP contribution in [0.25, 0.3) is 0 Å². The quantitative estimate of drug-likeness (QED) is 0.684. The topological polar surface area (TPSA) is 57.2 Å². The zero-order chi connectivity index (χ0) is 15.0. The molecule has 4 rings (SSSR count). The minimum atomic E-state index is -0.653. The summed E-state index contributed by atoms with van der Waals surface area (Å²) in [6.45, 7) is 5.16. The number of likely N-dealkylation sites (tertiary alicyclic amines) is 1. The highest BCUT2D eigenvalue weighted by molar-refractivity contribution is 14.1. The van der Waals surface area contributed by atoms with Gasteiger partial charge in [-0.15, -0.1) is 0 Å². The van der Waals surface area contributed by atoms with E-state index in [1.165, 1.54) is 6.42 Å². The second kappa shape index (κ2) is 3.83. The van der Waals surface area contributed by atoms with Gasteiger partial charge in [-0.25, -0.2) is 0 Å². The Bertz CT molecular complexity index is 693. The number of hydrogen-bond acceptors (Lipinski definition) is 3. The zero-order valence-corrected chi connectivity index (χ0v) is 14.3. The highest BCUT2D eigenvalue weighted by Gasteiger charge is 2.79. The molecule has 3 fully saturated rings. The van der Waals surface area contributed by atoms with Crippen molar-refractivity contribution in [1.29, 1.82) is 5.26 Å². The first-order valence-corrected chi connectivity index (χ1v) is 8.44. The van der Waals surface area contributed by atoms with Crippen LogP contribution in [0.3, 0.4) is 0 Å². The van der Waals surface area contributed by atoms with E-state index in [9.17, 15) is 10.1 Å². The molecular weight excluding hydrogens is 379 g/mol. The number of furan rings is 1. The molecule has 0 spiro atoms. The second-order valence-electron chi connectivity index (χ2n) is 7.16. The molecule has 5 heteroatoms. The lowest BCUT2D eigenvalue weighted by Gasteiger charge is -2.42. The Kier molecular flexibility index (Phi) is 2.49. The van der Waals surface area contributed by atoms with Gasteiger partial charge in [0.05, 0.1) is 6.07 Å². The Morgan fingerprint density at radius 1 is 1.52 bits per heavy atom. The lowest BCUT2D eigenvalue weighted by Crippen LogP contribution is -2.54. The van der Waals surface area contributed by atoms with E-state index in [0.717, 1.165) is 12.8 Å². The molecule has 4 bridgehead atoms. The number of halogens is 1. The molecule has 0 aromatic carbocycles. The van der Waals surface area contributed by atoms with Crippen LogP contribution in [0, 0.1) is 31.8 Å². The van der Waals surface area contributed by atoms with Gasteiger partial charge in [0.15, 0.2) is 9.53 Å². The first-order valence-electron chi connectivity index (χ1n) is 7.36. The summed E-state index contributed by atoms with van der Waals surface area (Å²) in [5.41, 5.74) is -0.674. The number of nitrogens with zero attached hydrogens (tertiary/aromatic N) is 2. The fraction of sp³-hybridized carbons (Fsp3) is 0.625. The molecule has 2 heterocycles. The van der Waals surface area contributed by atoms with Gasteiger partial charge in [-0.1, -0.05) is 13.8 Å². The molecule has 4 nitrogen and oxygen atoms in total. The first-order chi connectivity index (χ1) is 9.88. The van der Waals surface area contributed by atoms with Gasteiger partial charge >= 0.3 is 0 Å². The van der Waals surface area contributed by atoms with Crippen molar-refractivity contribution in [2.45, 2.75) is 38.6 Å². The van der Waals surface area contributed by atoms with Crippen molar-refractivity contribution in [2.24, 2.45) is 16.7 Å². The van der Waals surface area contributed by atoms with E-state index >= 15 is 0 Å². The molecule has 21 heavy (non-hydrogen) atoms. The molecule has 1 amide bonds. The largest absolute Gasteiger partial charge is 0.445 e. The zero-order valence-electron chi connectivity index (χ0n) is 12.1. The van der Waals surface area contributed by atoms with Crippen molar-refractivity contribution < 1.29 is 9.21 Å². The Balaban J connectivity index is 1.80. The predicted molar refractivity (Wildman–Crippen MR) is 84.4 cm³/mol. The predicted octanol–water partition coefficient (Wildman–Crippen LogP) is 3.43. The van der Waals surface area contributed by atoms with Crippen LogP contribution in [-0.4, -0.2) is 22.9 Å². The third kappa shape index (κ3) is 1.29. The van der Waals surface area contributed by atoms with Crippen LogP contribution in [0.5, 0.6) is 0 Å². The maximum Gasteiger partial charge on any atom is 0.290 e. The molecule has 0 unspecified atom stereocenters. The molecule has 4 atom stereocenters. The van der Waals surface area contributed by atoms with Crippen LogP contribution >= 0.6 is 22.6 Å². The fourth-order valence-corrected chi connectivity index (χ4v) is 5.73. The molecule has 3 aliphatic rings. The van der Waals surface area contributed by atoms with E-state index in [2.05, 4.69) is 42.5 Å². The van der Waals surface area contributed by atoms with Crippen LogP contribution in [0.15, 0.2) is 16.5 Å². The van der Waals surface area contributed by atoms with Crippen molar-refractivity contribution in [1.82, 2.24) is 4.90 Å². The van der Waals surface area contributed by atoms with Crippen molar-refractivity contribution in [3.63, 3.8) is 0 Å². The summed E-state index contributed by atoms with van der Waals surface area (Å²) in [5, 5.41) is 9.94. The number of rotatable bonds is 1. The summed E-state index contributed by atoms with van der Waals surface area (Å²) in [5.74, 6) is 0.794. The molecule has 0 N–H and O–H groups in total. The van der Waals surface area contributed by atoms with Gasteiger partial charge in [0, 0.05) is 12.0 Å². The van der Waals surface area contributed by atoms with E-state index < -0.39 is 5.54 Å². The van der Waals surface area contributed by atoms with Gasteiger partial charge < -0.3 is 9.32 Å². The van der Waals surface area contributed by atoms with Crippen LogP contribution in [0.4, 0.5) is 0 Å². The molecule has 1 saturated heterocycles. The molecule has 2 saturated carbocycles. The molecule has 2 aliphatic carbocycles. The summed E-state index contributed by atoms with van der Waals surface area (Å²) in [6.07, 6.45) is 3.05. The lowest BCUT2D eigenvalue weighted by molar-refractivity contribution is 0.0399. The van der Waals surface area contributed by atoms with Crippen LogP contribution < -0.4 is 0 Å². The van der Waals surface area contributed by atoms with Crippen LogP contribution in [-0.2, 0) is 0 Å². The molecular formula is C16H17IN2O2. The molecule has 0 radical (unpaired) electrons. The van der Waals surface area contributed by atoms with E-state index in [4.69, 9.17) is 4.42 Å². The van der Waals surface area contributed by atoms with Crippen molar-refractivity contribution in [3.05, 3.63) is 21.7 Å². The van der Waals surface area contributed by atoms with Crippen LogP contribution in [0.1, 0.15) is 43.7 Å². The van der Waals surface area contributed by atoms with Gasteiger partial charge in [0.2, 0.25) is 0 Å². The van der Waals surface area contributed by atoms with Gasteiger partial charge in [-0.2, -0.15) is 5.26 Å². The van der Waals surface area contributed by atoms with Crippen molar-refractivity contribution in [3.8, 4) is 6.07 Å². The Hall–Kier alpha value is -1.03. The average Bonchev–Trinajstić information content (AvgIpc) is 3.10. The second-order valence-corrected chi connectivity index (χ2v) is 8.22. The smallest absolute Gasteiger partial charge is 0.290 e. The molecule has 110 valence electrons. The van der Waals surface area contributed by atoms with E-state index in [1.807, 2.05) is 0 Å². The van der Waals surface area contributed by atoms with Crippen molar-refractivity contribution in [2.75, 3.05) is 6.54 Å². The number of piperidine rings is 1. The number of amides is 1. The molecule has 1 aromatic heterocycles. The number of hydrogen-bond donors (Lipinski definition) is 0. The summed E-state index contributed by atoms with van der Waals surface area (Å²) >= 11 is 2.06. The van der Waals surface area contributed by atoms with E-state index in [1.54, 1.807) is 17.0 Å². The summed E-state index contributed by atoms with van der Waals surface area (Å²) in [4.78, 5) is 14.7. The number of carbonyl (C=O) groups is 1. The first kappa shape index (κ1) is 13.6. The highest BCUT2D eigenvalue weighted by atomic mass is 127. The Labute approximate surface area is 137 Å². The number of nitriles is 1. The maximum absolute atomic E-state index is 12.9. The average molecular weight is 396 g/mol. The Morgan fingerprint density at radius 3 is 2.86 bits per heavy atom. The van der Waals surface area contributed by atoms with Gasteiger partial charge in [-0.05, 0) is 65.3 Å². The molecule has 1 aliphatic heterocycles. The standard InChI is InChI=1S/C16H17IN2O2/c1-14-9-19(13(20)11-3-4-12(17)21-11)16(8-18)7-10(14)5-6-15(14,16)2/h3-4,10H,5-7,9H2,1-2H3/t10-,14-,15-,16-/m0/s1. The summed E-state index contributed by atoms with van der Waals surface area (Å²) < 4.78 is 6.19. The molecule has 1 aromatic rings. The van der Waals surface area contributed by atoms with Gasteiger partial charge in [0.25, 0.3) is 5.91 Å². The van der Waals surface area contributed by atoms with Gasteiger partial charge in [-0.3, -0.25) is 4.79 Å². The monoisotopic (exact) mass is 396 g/mol. The lowest BCUT2D eigenvalue weighted by atomic mass is 9.66. The number of carbonyl (C=O) groups excluding carboxylic acids is 1. The third-order valence-electron chi connectivity index (χ3n) is 6.77. The van der Waals surface area contributed by atoms with Crippen molar-refractivity contribution >= 4 is 28.5 Å². The van der Waals surface area contributed by atoms with Crippen LogP contribution in [0.2, 0.25) is 0 Å². The summed E-state index contributed by atoms with van der Waals surface area (Å²) in [7, 11) is 0. The third-order valence-corrected chi connectivity index (χ3v) is 7.35. The Morgan fingerprint density at radius 2 is 2.29 bits per heavy atom. The normalized spacial score (nSPS) is 43.3. The maximum atomic E-state index is 12.9. The van der Waals surface area contributed by atoms with Gasteiger partial charge in [0.1, 0.15) is 5.54 Å². The fourth-order valence-electron chi connectivity index (χ4n) is 5.32. The highest BCUT2D eigenvalue weighted by Crippen LogP contribution is 2.75.